The molecule has 0 radical (unpaired) electrons. The van der Waals surface area contributed by atoms with E-state index in [0.29, 0.717) is 5.92 Å². The lowest BCUT2D eigenvalue weighted by atomic mass is 9.90. The first kappa shape index (κ1) is 16.6. The molecule has 1 aliphatic carbocycles. The number of hydrogen-bond donors (Lipinski definition) is 2. The molecule has 1 aromatic carbocycles. The molecule has 1 aromatic rings. The smallest absolute Gasteiger partial charge is 0.226 e. The molecule has 2 fully saturated rings. The van der Waals surface area contributed by atoms with Crippen molar-refractivity contribution >= 4 is 29.9 Å². The van der Waals surface area contributed by atoms with Crippen molar-refractivity contribution < 1.29 is 4.79 Å². The first-order chi connectivity index (χ1) is 9.74. The molecule has 1 aliphatic heterocycles. The van der Waals surface area contributed by atoms with Gasteiger partial charge in [0.1, 0.15) is 0 Å². The predicted molar refractivity (Wildman–Crippen MR) is 87.9 cm³/mol. The van der Waals surface area contributed by atoms with E-state index in [0.717, 1.165) is 23.7 Å². The molecule has 116 valence electrons. The Bertz CT molecular complexity index is 485. The first-order valence-corrected chi connectivity index (χ1v) is 7.88. The highest BCUT2D eigenvalue weighted by Crippen LogP contribution is 2.36. The van der Waals surface area contributed by atoms with Gasteiger partial charge in [-0.1, -0.05) is 36.6 Å². The third kappa shape index (κ3) is 3.91. The molecule has 0 spiro atoms. The van der Waals surface area contributed by atoms with Crippen molar-refractivity contribution in [3.05, 3.63) is 34.9 Å². The van der Waals surface area contributed by atoms with Gasteiger partial charge in [0.25, 0.3) is 0 Å². The molecule has 1 saturated heterocycles. The summed E-state index contributed by atoms with van der Waals surface area (Å²) in [6.07, 6.45) is 4.92. The largest absolute Gasteiger partial charge is 0.349 e. The molecule has 0 aromatic heterocycles. The van der Waals surface area contributed by atoms with Gasteiger partial charge in [0.2, 0.25) is 5.91 Å². The van der Waals surface area contributed by atoms with Crippen LogP contribution in [0.15, 0.2) is 24.3 Å². The second kappa shape index (κ2) is 7.48. The third-order valence-corrected chi connectivity index (χ3v) is 4.76. The maximum absolute atomic E-state index is 12.3. The van der Waals surface area contributed by atoms with Gasteiger partial charge >= 0.3 is 0 Å². The lowest BCUT2D eigenvalue weighted by Gasteiger charge is -2.31. The monoisotopic (exact) mass is 328 g/mol. The topological polar surface area (TPSA) is 41.1 Å². The van der Waals surface area contributed by atoms with Gasteiger partial charge in [-0.15, -0.1) is 12.4 Å². The SMILES string of the molecule is Cl.O=C(NC(c1cccc(Cl)c1)C1CCCC1)C1CNC1. The van der Waals surface area contributed by atoms with Crippen LogP contribution in [-0.2, 0) is 4.79 Å². The van der Waals surface area contributed by atoms with Crippen LogP contribution in [0, 0.1) is 11.8 Å². The lowest BCUT2D eigenvalue weighted by molar-refractivity contribution is -0.127. The molecule has 1 saturated carbocycles. The minimum absolute atomic E-state index is 0. The first-order valence-electron chi connectivity index (χ1n) is 7.50. The Hall–Kier alpha value is -0.770. The van der Waals surface area contributed by atoms with Crippen LogP contribution >= 0.6 is 24.0 Å². The Balaban J connectivity index is 0.00000161. The van der Waals surface area contributed by atoms with E-state index in [1.165, 1.54) is 25.7 Å². The maximum Gasteiger partial charge on any atom is 0.226 e. The average molecular weight is 329 g/mol. The molecule has 2 aliphatic rings. The lowest BCUT2D eigenvalue weighted by Crippen LogP contribution is -2.51. The van der Waals surface area contributed by atoms with E-state index >= 15 is 0 Å². The molecule has 3 nitrogen and oxygen atoms in total. The number of hydrogen-bond acceptors (Lipinski definition) is 2. The van der Waals surface area contributed by atoms with E-state index in [1.54, 1.807) is 0 Å². The zero-order chi connectivity index (χ0) is 13.9. The quantitative estimate of drug-likeness (QED) is 0.890. The van der Waals surface area contributed by atoms with E-state index in [1.807, 2.05) is 18.2 Å². The Morgan fingerprint density at radius 1 is 1.29 bits per heavy atom. The van der Waals surface area contributed by atoms with Gasteiger partial charge in [-0.05, 0) is 36.5 Å². The number of rotatable bonds is 4. The van der Waals surface area contributed by atoms with Crippen LogP contribution in [0.4, 0.5) is 0 Å². The molecule has 1 amide bonds. The summed E-state index contributed by atoms with van der Waals surface area (Å²) in [4.78, 5) is 12.3. The molecule has 1 unspecified atom stereocenters. The van der Waals surface area contributed by atoms with Crippen molar-refractivity contribution in [1.29, 1.82) is 0 Å². The average Bonchev–Trinajstić information content (AvgIpc) is 2.87. The van der Waals surface area contributed by atoms with Crippen molar-refractivity contribution in [3.8, 4) is 0 Å². The molecule has 2 N–H and O–H groups in total. The number of carbonyl (C=O) groups is 1. The van der Waals surface area contributed by atoms with E-state index in [-0.39, 0.29) is 30.3 Å². The molecule has 0 bridgehead atoms. The fourth-order valence-corrected chi connectivity index (χ4v) is 3.41. The molecule has 1 heterocycles. The number of amides is 1. The van der Waals surface area contributed by atoms with Crippen LogP contribution in [-0.4, -0.2) is 19.0 Å². The predicted octanol–water partition coefficient (Wildman–Crippen LogP) is 3.33. The Morgan fingerprint density at radius 3 is 2.57 bits per heavy atom. The van der Waals surface area contributed by atoms with E-state index in [2.05, 4.69) is 16.7 Å². The van der Waals surface area contributed by atoms with Crippen LogP contribution in [0.5, 0.6) is 0 Å². The van der Waals surface area contributed by atoms with E-state index in [9.17, 15) is 4.79 Å². The Labute approximate surface area is 137 Å². The van der Waals surface area contributed by atoms with Gasteiger partial charge in [-0.25, -0.2) is 0 Å². The van der Waals surface area contributed by atoms with Crippen molar-refractivity contribution in [1.82, 2.24) is 10.6 Å². The van der Waals surface area contributed by atoms with Crippen LogP contribution in [0.25, 0.3) is 0 Å². The summed E-state index contributed by atoms with van der Waals surface area (Å²) in [5.41, 5.74) is 1.14. The molecule has 3 rings (SSSR count). The summed E-state index contributed by atoms with van der Waals surface area (Å²) in [5, 5.41) is 7.16. The third-order valence-electron chi connectivity index (χ3n) is 4.53. The fourth-order valence-electron chi connectivity index (χ4n) is 3.21. The Morgan fingerprint density at radius 2 is 2.00 bits per heavy atom. The van der Waals surface area contributed by atoms with Gasteiger partial charge in [-0.3, -0.25) is 4.79 Å². The highest BCUT2D eigenvalue weighted by molar-refractivity contribution is 6.30. The van der Waals surface area contributed by atoms with Gasteiger partial charge in [0, 0.05) is 18.1 Å². The van der Waals surface area contributed by atoms with Gasteiger partial charge in [-0.2, -0.15) is 0 Å². The number of nitrogens with one attached hydrogen (secondary N) is 2. The highest BCUT2D eigenvalue weighted by atomic mass is 35.5. The van der Waals surface area contributed by atoms with Gasteiger partial charge in [0.05, 0.1) is 12.0 Å². The summed E-state index contributed by atoms with van der Waals surface area (Å²) in [6, 6.07) is 8.03. The van der Waals surface area contributed by atoms with Crippen molar-refractivity contribution in [3.63, 3.8) is 0 Å². The molecule has 1 atom stereocenters. The summed E-state index contributed by atoms with van der Waals surface area (Å²) in [5.74, 6) is 0.865. The normalized spacial score (nSPS) is 20.4. The van der Waals surface area contributed by atoms with Crippen molar-refractivity contribution in [2.24, 2.45) is 11.8 Å². The zero-order valence-corrected chi connectivity index (χ0v) is 13.6. The van der Waals surface area contributed by atoms with Crippen LogP contribution < -0.4 is 10.6 Å². The number of halogens is 2. The minimum Gasteiger partial charge on any atom is -0.349 e. The van der Waals surface area contributed by atoms with Crippen molar-refractivity contribution in [2.45, 2.75) is 31.7 Å². The zero-order valence-electron chi connectivity index (χ0n) is 12.0. The highest BCUT2D eigenvalue weighted by Gasteiger charge is 2.31. The fraction of sp³-hybridized carbons (Fsp3) is 0.562. The second-order valence-corrected chi connectivity index (χ2v) is 6.38. The van der Waals surface area contributed by atoms with Crippen LogP contribution in [0.2, 0.25) is 5.02 Å². The van der Waals surface area contributed by atoms with E-state index < -0.39 is 0 Å². The van der Waals surface area contributed by atoms with Gasteiger partial charge < -0.3 is 10.6 Å². The minimum atomic E-state index is 0. The van der Waals surface area contributed by atoms with Crippen LogP contribution in [0.3, 0.4) is 0 Å². The Kier molecular flexibility index (Phi) is 5.91. The van der Waals surface area contributed by atoms with E-state index in [4.69, 9.17) is 11.6 Å². The molecular formula is C16H22Cl2N2O. The summed E-state index contributed by atoms with van der Waals surface area (Å²) < 4.78 is 0. The summed E-state index contributed by atoms with van der Waals surface area (Å²) in [7, 11) is 0. The summed E-state index contributed by atoms with van der Waals surface area (Å²) >= 11 is 6.11. The van der Waals surface area contributed by atoms with Crippen LogP contribution in [0.1, 0.15) is 37.3 Å². The molecule has 21 heavy (non-hydrogen) atoms. The maximum atomic E-state index is 12.3. The molecular weight excluding hydrogens is 307 g/mol. The number of carbonyl (C=O) groups excluding carboxylic acids is 1. The standard InChI is InChI=1S/C16H21ClN2O.ClH/c17-14-7-3-6-12(8-14)15(11-4-1-2-5-11)19-16(20)13-9-18-10-13;/h3,6-8,11,13,15,18H,1-2,4-5,9-10H2,(H,19,20);1H. The van der Waals surface area contributed by atoms with Gasteiger partial charge in [0.15, 0.2) is 0 Å². The van der Waals surface area contributed by atoms with Crippen molar-refractivity contribution in [2.75, 3.05) is 13.1 Å². The number of benzene rings is 1. The molecule has 5 heteroatoms. The second-order valence-electron chi connectivity index (χ2n) is 5.94. The summed E-state index contributed by atoms with van der Waals surface area (Å²) in [6.45, 7) is 1.61.